The first-order valence-electron chi connectivity index (χ1n) is 6.31. The van der Waals surface area contributed by atoms with Crippen molar-refractivity contribution in [2.75, 3.05) is 11.1 Å². The van der Waals surface area contributed by atoms with Gasteiger partial charge in [-0.3, -0.25) is 4.79 Å². The predicted molar refractivity (Wildman–Crippen MR) is 68.5 cm³/mol. The van der Waals surface area contributed by atoms with Crippen molar-refractivity contribution >= 4 is 17.3 Å². The molecule has 2 saturated carbocycles. The van der Waals surface area contributed by atoms with E-state index in [0.717, 1.165) is 41.6 Å². The average molecular weight is 230 g/mol. The fraction of sp³-hybridized carbons (Fsp3) is 0.500. The van der Waals surface area contributed by atoms with Crippen LogP contribution in [0.1, 0.15) is 24.8 Å². The fourth-order valence-corrected chi connectivity index (χ4v) is 2.95. The third kappa shape index (κ3) is 1.90. The van der Waals surface area contributed by atoms with Crippen LogP contribution >= 0.6 is 0 Å². The summed E-state index contributed by atoms with van der Waals surface area (Å²) in [5.41, 5.74) is 8.38. The molecule has 3 N–H and O–H groups in total. The molecule has 1 amide bonds. The van der Waals surface area contributed by atoms with E-state index in [-0.39, 0.29) is 11.8 Å². The van der Waals surface area contributed by atoms with Crippen molar-refractivity contribution < 1.29 is 4.79 Å². The van der Waals surface area contributed by atoms with E-state index in [1.165, 1.54) is 6.42 Å². The van der Waals surface area contributed by atoms with Gasteiger partial charge in [-0.2, -0.15) is 0 Å². The first kappa shape index (κ1) is 10.6. The molecule has 0 aliphatic heterocycles. The summed E-state index contributed by atoms with van der Waals surface area (Å²) >= 11 is 0. The molecule has 2 fully saturated rings. The highest BCUT2D eigenvalue weighted by Gasteiger charge is 2.47. The largest absolute Gasteiger partial charge is 0.398 e. The molecule has 0 spiro atoms. The van der Waals surface area contributed by atoms with Gasteiger partial charge in [0, 0.05) is 17.3 Å². The van der Waals surface area contributed by atoms with Gasteiger partial charge in [-0.15, -0.1) is 0 Å². The van der Waals surface area contributed by atoms with Gasteiger partial charge in [-0.1, -0.05) is 6.07 Å². The first-order valence-corrected chi connectivity index (χ1v) is 6.31. The van der Waals surface area contributed by atoms with Crippen LogP contribution in [0.15, 0.2) is 18.2 Å². The Balaban J connectivity index is 1.69. The summed E-state index contributed by atoms with van der Waals surface area (Å²) in [5, 5.41) is 3.02. The molecule has 3 rings (SSSR count). The smallest absolute Gasteiger partial charge is 0.227 e. The highest BCUT2D eigenvalue weighted by Crippen LogP contribution is 2.54. The van der Waals surface area contributed by atoms with Crippen LogP contribution in [-0.4, -0.2) is 5.91 Å². The molecule has 0 aromatic heterocycles. The second-order valence-electron chi connectivity index (χ2n) is 5.43. The zero-order valence-electron chi connectivity index (χ0n) is 10.1. The summed E-state index contributed by atoms with van der Waals surface area (Å²) in [6.45, 7) is 1.94. The number of amides is 1. The lowest BCUT2D eigenvalue weighted by Crippen LogP contribution is -2.22. The van der Waals surface area contributed by atoms with Crippen LogP contribution in [-0.2, 0) is 4.79 Å². The Morgan fingerprint density at radius 1 is 1.29 bits per heavy atom. The topological polar surface area (TPSA) is 55.1 Å². The molecule has 2 aliphatic rings. The van der Waals surface area contributed by atoms with Gasteiger partial charge in [0.15, 0.2) is 0 Å². The molecule has 0 bridgehead atoms. The number of hydrogen-bond acceptors (Lipinski definition) is 2. The predicted octanol–water partition coefficient (Wildman–Crippen LogP) is 2.56. The lowest BCUT2D eigenvalue weighted by atomic mass is 10.0. The van der Waals surface area contributed by atoms with Crippen LogP contribution in [0.3, 0.4) is 0 Å². The maximum Gasteiger partial charge on any atom is 0.227 e. The van der Waals surface area contributed by atoms with Gasteiger partial charge >= 0.3 is 0 Å². The number of nitrogens with two attached hydrogens (primary N) is 1. The number of fused-ring (bicyclic) bond motifs is 1. The van der Waals surface area contributed by atoms with Crippen LogP contribution in [0.4, 0.5) is 11.4 Å². The highest BCUT2D eigenvalue weighted by molar-refractivity contribution is 5.94. The standard InChI is InChI=1S/C14H18N2O/c1-8-12(15)3-2-4-13(8)16-14(17)11-6-9-5-10(9)7-11/h2-4,9-11H,5-7,15H2,1H3,(H,16,17). The molecule has 2 aliphatic carbocycles. The van der Waals surface area contributed by atoms with Crippen molar-refractivity contribution in [3.63, 3.8) is 0 Å². The Kier molecular flexibility index (Phi) is 2.35. The number of hydrogen-bond donors (Lipinski definition) is 2. The second kappa shape index (κ2) is 3.76. The summed E-state index contributed by atoms with van der Waals surface area (Å²) in [5.74, 6) is 2.07. The van der Waals surface area contributed by atoms with E-state index < -0.39 is 0 Å². The molecule has 0 radical (unpaired) electrons. The van der Waals surface area contributed by atoms with Gasteiger partial charge in [0.1, 0.15) is 0 Å². The summed E-state index contributed by atoms with van der Waals surface area (Å²) in [4.78, 5) is 12.1. The van der Waals surface area contributed by atoms with Crippen molar-refractivity contribution in [3.05, 3.63) is 23.8 Å². The molecule has 2 unspecified atom stereocenters. The van der Waals surface area contributed by atoms with E-state index in [1.807, 2.05) is 25.1 Å². The van der Waals surface area contributed by atoms with E-state index in [4.69, 9.17) is 5.73 Å². The van der Waals surface area contributed by atoms with Crippen molar-refractivity contribution in [1.29, 1.82) is 0 Å². The van der Waals surface area contributed by atoms with Gasteiger partial charge in [0.25, 0.3) is 0 Å². The molecule has 17 heavy (non-hydrogen) atoms. The third-order valence-electron chi connectivity index (χ3n) is 4.25. The molecular formula is C14H18N2O. The maximum absolute atomic E-state index is 12.1. The molecule has 1 aromatic rings. The van der Waals surface area contributed by atoms with E-state index in [9.17, 15) is 4.79 Å². The number of carbonyl (C=O) groups excluding carboxylic acids is 1. The van der Waals surface area contributed by atoms with E-state index >= 15 is 0 Å². The Morgan fingerprint density at radius 2 is 2.00 bits per heavy atom. The van der Waals surface area contributed by atoms with Gasteiger partial charge in [0.05, 0.1) is 0 Å². The quantitative estimate of drug-likeness (QED) is 0.767. The molecule has 3 nitrogen and oxygen atoms in total. The van der Waals surface area contributed by atoms with Gasteiger partial charge in [-0.05, 0) is 55.7 Å². The van der Waals surface area contributed by atoms with Crippen molar-refractivity contribution in [2.45, 2.75) is 26.2 Å². The molecule has 90 valence electrons. The number of carbonyl (C=O) groups is 1. The zero-order valence-corrected chi connectivity index (χ0v) is 10.1. The monoisotopic (exact) mass is 230 g/mol. The van der Waals surface area contributed by atoms with Crippen molar-refractivity contribution in [1.82, 2.24) is 0 Å². The Hall–Kier alpha value is -1.51. The Morgan fingerprint density at radius 3 is 2.71 bits per heavy atom. The minimum atomic E-state index is 0.172. The third-order valence-corrected chi connectivity index (χ3v) is 4.25. The van der Waals surface area contributed by atoms with Crippen LogP contribution in [0.2, 0.25) is 0 Å². The number of benzene rings is 1. The number of anilines is 2. The van der Waals surface area contributed by atoms with Gasteiger partial charge in [-0.25, -0.2) is 0 Å². The van der Waals surface area contributed by atoms with Gasteiger partial charge < -0.3 is 11.1 Å². The van der Waals surface area contributed by atoms with Gasteiger partial charge in [0.2, 0.25) is 5.91 Å². The summed E-state index contributed by atoms with van der Waals surface area (Å²) < 4.78 is 0. The highest BCUT2D eigenvalue weighted by atomic mass is 16.1. The lowest BCUT2D eigenvalue weighted by Gasteiger charge is -2.14. The van der Waals surface area contributed by atoms with E-state index in [2.05, 4.69) is 5.32 Å². The van der Waals surface area contributed by atoms with Crippen LogP contribution in [0.25, 0.3) is 0 Å². The molecular weight excluding hydrogens is 212 g/mol. The zero-order chi connectivity index (χ0) is 12.0. The van der Waals surface area contributed by atoms with Crippen LogP contribution in [0, 0.1) is 24.7 Å². The normalized spacial score (nSPS) is 29.8. The molecule has 0 saturated heterocycles. The van der Waals surface area contributed by atoms with E-state index in [1.54, 1.807) is 0 Å². The number of rotatable bonds is 2. The summed E-state index contributed by atoms with van der Waals surface area (Å²) in [6.07, 6.45) is 3.51. The second-order valence-corrected chi connectivity index (χ2v) is 5.43. The lowest BCUT2D eigenvalue weighted by molar-refractivity contribution is -0.120. The SMILES string of the molecule is Cc1c(N)cccc1NC(=O)C1CC2CC2C1. The molecule has 0 heterocycles. The van der Waals surface area contributed by atoms with E-state index in [0.29, 0.717) is 0 Å². The minimum absolute atomic E-state index is 0.172. The molecule has 2 atom stereocenters. The summed E-state index contributed by atoms with van der Waals surface area (Å²) in [7, 11) is 0. The molecule has 3 heteroatoms. The first-order chi connectivity index (χ1) is 8.15. The van der Waals surface area contributed by atoms with Crippen molar-refractivity contribution in [3.8, 4) is 0 Å². The van der Waals surface area contributed by atoms with Crippen LogP contribution in [0.5, 0.6) is 0 Å². The maximum atomic E-state index is 12.1. The Bertz CT molecular complexity index is 459. The number of nitrogens with one attached hydrogen (secondary N) is 1. The Labute approximate surface area is 101 Å². The summed E-state index contributed by atoms with van der Waals surface area (Å²) in [6, 6.07) is 5.65. The van der Waals surface area contributed by atoms with Crippen LogP contribution < -0.4 is 11.1 Å². The fourth-order valence-electron chi connectivity index (χ4n) is 2.95. The molecule has 1 aromatic carbocycles. The minimum Gasteiger partial charge on any atom is -0.398 e. The number of nitrogen functional groups attached to an aromatic ring is 1. The average Bonchev–Trinajstić information content (AvgIpc) is 2.92. The van der Waals surface area contributed by atoms with Crippen molar-refractivity contribution in [2.24, 2.45) is 17.8 Å².